The predicted octanol–water partition coefficient (Wildman–Crippen LogP) is 0.343. The molecule has 0 aliphatic rings. The van der Waals surface area contributed by atoms with E-state index in [0.29, 0.717) is 18.8 Å². The number of carboxylic acid groups (broad SMARTS) is 1. The summed E-state index contributed by atoms with van der Waals surface area (Å²) in [6.45, 7) is 0.321. The van der Waals surface area contributed by atoms with Crippen LogP contribution in [0, 0.1) is 0 Å². The Kier molecular flexibility index (Phi) is 5.33. The molecule has 0 amide bonds. The highest BCUT2D eigenvalue weighted by atomic mass is 16.5. The number of tetrazole rings is 1. The monoisotopic (exact) mass is 291 g/mol. The van der Waals surface area contributed by atoms with Crippen LogP contribution in [0.25, 0.3) is 0 Å². The minimum absolute atomic E-state index is 0.0832. The molecular weight excluding hydrogens is 274 g/mol. The average molecular weight is 291 g/mol. The van der Waals surface area contributed by atoms with Gasteiger partial charge in [0.15, 0.2) is 5.82 Å². The molecule has 0 spiro atoms. The molecule has 2 heterocycles. The van der Waals surface area contributed by atoms with Crippen molar-refractivity contribution in [1.82, 2.24) is 25.2 Å². The first kappa shape index (κ1) is 15.0. The highest BCUT2D eigenvalue weighted by Gasteiger charge is 2.16. The number of aliphatic carboxylic acids is 1. The highest BCUT2D eigenvalue weighted by molar-refractivity contribution is 5.67. The molecule has 0 aliphatic heterocycles. The van der Waals surface area contributed by atoms with Crippen LogP contribution in [-0.2, 0) is 28.9 Å². The van der Waals surface area contributed by atoms with E-state index in [4.69, 9.17) is 9.84 Å². The zero-order valence-corrected chi connectivity index (χ0v) is 11.7. The fourth-order valence-electron chi connectivity index (χ4n) is 1.96. The van der Waals surface area contributed by atoms with Crippen molar-refractivity contribution in [3.8, 4) is 0 Å². The number of carbonyl (C=O) groups is 1. The molecule has 0 fully saturated rings. The molecule has 0 aromatic carbocycles. The van der Waals surface area contributed by atoms with Gasteiger partial charge in [-0.2, -0.15) is 0 Å². The van der Waals surface area contributed by atoms with Gasteiger partial charge in [-0.25, -0.2) is 4.68 Å². The van der Waals surface area contributed by atoms with Crippen molar-refractivity contribution in [3.05, 3.63) is 35.9 Å². The number of carboxylic acids is 1. The highest BCUT2D eigenvalue weighted by Crippen LogP contribution is 2.06. The van der Waals surface area contributed by atoms with Crippen LogP contribution in [0.15, 0.2) is 24.5 Å². The van der Waals surface area contributed by atoms with Gasteiger partial charge in [0.25, 0.3) is 0 Å². The molecule has 2 aromatic rings. The second-order valence-electron chi connectivity index (χ2n) is 4.59. The Morgan fingerprint density at radius 2 is 2.14 bits per heavy atom. The Morgan fingerprint density at radius 1 is 1.38 bits per heavy atom. The first-order valence-electron chi connectivity index (χ1n) is 6.57. The van der Waals surface area contributed by atoms with Crippen molar-refractivity contribution in [1.29, 1.82) is 0 Å². The molecule has 2 rings (SSSR count). The van der Waals surface area contributed by atoms with Crippen LogP contribution in [0.4, 0.5) is 0 Å². The van der Waals surface area contributed by atoms with E-state index in [1.807, 2.05) is 12.1 Å². The molecule has 8 heteroatoms. The van der Waals surface area contributed by atoms with E-state index < -0.39 is 12.1 Å². The van der Waals surface area contributed by atoms with Gasteiger partial charge in [0.05, 0.1) is 19.1 Å². The van der Waals surface area contributed by atoms with E-state index in [9.17, 15) is 4.79 Å². The first-order valence-corrected chi connectivity index (χ1v) is 6.57. The maximum Gasteiger partial charge on any atom is 0.306 e. The molecule has 1 N–H and O–H groups in total. The number of rotatable bonds is 8. The molecule has 21 heavy (non-hydrogen) atoms. The van der Waals surface area contributed by atoms with E-state index in [1.165, 1.54) is 7.11 Å². The molecule has 0 bridgehead atoms. The quantitative estimate of drug-likeness (QED) is 0.748. The summed E-state index contributed by atoms with van der Waals surface area (Å²) in [6, 6.07) is 3.88. The second kappa shape index (κ2) is 7.44. The Balaban J connectivity index is 1.96. The summed E-state index contributed by atoms with van der Waals surface area (Å²) in [7, 11) is 1.48. The SMILES string of the molecule is COC(CC(=O)O)Cn1nnnc1CCc1ccncc1. The zero-order valence-electron chi connectivity index (χ0n) is 11.7. The van der Waals surface area contributed by atoms with Crippen LogP contribution in [0.3, 0.4) is 0 Å². The smallest absolute Gasteiger partial charge is 0.306 e. The zero-order chi connectivity index (χ0) is 15.1. The van der Waals surface area contributed by atoms with Crippen molar-refractivity contribution in [2.75, 3.05) is 7.11 Å². The van der Waals surface area contributed by atoms with Gasteiger partial charge in [0, 0.05) is 25.9 Å². The van der Waals surface area contributed by atoms with Crippen molar-refractivity contribution in [2.24, 2.45) is 0 Å². The van der Waals surface area contributed by atoms with Gasteiger partial charge in [0.2, 0.25) is 0 Å². The average Bonchev–Trinajstić information content (AvgIpc) is 2.92. The van der Waals surface area contributed by atoms with Gasteiger partial charge in [-0.3, -0.25) is 9.78 Å². The standard InChI is InChI=1S/C13H17N5O3/c1-21-11(8-13(19)20)9-18-12(15-16-17-18)3-2-10-4-6-14-7-5-10/h4-7,11H,2-3,8-9H2,1H3,(H,19,20). The lowest BCUT2D eigenvalue weighted by molar-refractivity contribution is -0.140. The summed E-state index contributed by atoms with van der Waals surface area (Å²) in [5, 5.41) is 20.3. The van der Waals surface area contributed by atoms with Gasteiger partial charge < -0.3 is 9.84 Å². The summed E-state index contributed by atoms with van der Waals surface area (Å²) in [5.74, 6) is -0.201. The fourth-order valence-corrected chi connectivity index (χ4v) is 1.96. The maximum absolute atomic E-state index is 10.7. The third-order valence-electron chi connectivity index (χ3n) is 3.10. The number of aromatic nitrogens is 5. The Hall–Kier alpha value is -2.35. The fraction of sp³-hybridized carbons (Fsp3) is 0.462. The van der Waals surface area contributed by atoms with Crippen LogP contribution < -0.4 is 0 Å². The molecule has 0 radical (unpaired) electrons. The van der Waals surface area contributed by atoms with E-state index in [0.717, 1.165) is 12.0 Å². The van der Waals surface area contributed by atoms with Crippen molar-refractivity contribution in [2.45, 2.75) is 31.9 Å². The van der Waals surface area contributed by atoms with Gasteiger partial charge in [-0.05, 0) is 34.5 Å². The maximum atomic E-state index is 10.7. The lowest BCUT2D eigenvalue weighted by atomic mass is 10.1. The van der Waals surface area contributed by atoms with E-state index in [1.54, 1.807) is 17.1 Å². The molecule has 0 saturated carbocycles. The minimum atomic E-state index is -0.909. The largest absolute Gasteiger partial charge is 0.481 e. The topological polar surface area (TPSA) is 103 Å². The first-order chi connectivity index (χ1) is 10.2. The van der Waals surface area contributed by atoms with Gasteiger partial charge in [-0.1, -0.05) is 0 Å². The van der Waals surface area contributed by atoms with E-state index in [2.05, 4.69) is 20.5 Å². The van der Waals surface area contributed by atoms with Crippen LogP contribution >= 0.6 is 0 Å². The van der Waals surface area contributed by atoms with E-state index in [-0.39, 0.29) is 6.42 Å². The van der Waals surface area contributed by atoms with Crippen LogP contribution in [0.5, 0.6) is 0 Å². The molecular formula is C13H17N5O3. The third-order valence-corrected chi connectivity index (χ3v) is 3.10. The second-order valence-corrected chi connectivity index (χ2v) is 4.59. The molecule has 0 aliphatic carbocycles. The summed E-state index contributed by atoms with van der Waals surface area (Å²) >= 11 is 0. The van der Waals surface area contributed by atoms with Crippen molar-refractivity contribution in [3.63, 3.8) is 0 Å². The summed E-state index contributed by atoms with van der Waals surface area (Å²) in [4.78, 5) is 14.7. The lowest BCUT2D eigenvalue weighted by Crippen LogP contribution is -2.24. The molecule has 112 valence electrons. The Labute approximate surface area is 121 Å². The van der Waals surface area contributed by atoms with E-state index >= 15 is 0 Å². The summed E-state index contributed by atoms with van der Waals surface area (Å²) in [6.07, 6.45) is 4.41. The molecule has 8 nitrogen and oxygen atoms in total. The van der Waals surface area contributed by atoms with Crippen molar-refractivity contribution >= 4 is 5.97 Å². The Bertz CT molecular complexity index is 572. The number of pyridine rings is 1. The summed E-state index contributed by atoms with van der Waals surface area (Å²) < 4.78 is 6.74. The number of methoxy groups -OCH3 is 1. The molecule has 2 aromatic heterocycles. The summed E-state index contributed by atoms with van der Waals surface area (Å²) in [5.41, 5.74) is 1.15. The van der Waals surface area contributed by atoms with Crippen LogP contribution in [-0.4, -0.2) is 49.5 Å². The number of hydrogen-bond donors (Lipinski definition) is 1. The normalized spacial score (nSPS) is 12.2. The molecule has 1 atom stereocenters. The minimum Gasteiger partial charge on any atom is -0.481 e. The van der Waals surface area contributed by atoms with Crippen LogP contribution in [0.1, 0.15) is 17.8 Å². The Morgan fingerprint density at radius 3 is 2.81 bits per heavy atom. The van der Waals surface area contributed by atoms with Gasteiger partial charge >= 0.3 is 5.97 Å². The number of ether oxygens (including phenoxy) is 1. The van der Waals surface area contributed by atoms with Crippen LogP contribution in [0.2, 0.25) is 0 Å². The number of nitrogens with zero attached hydrogens (tertiary/aromatic N) is 5. The number of hydrogen-bond acceptors (Lipinski definition) is 6. The third kappa shape index (κ3) is 4.60. The number of aryl methyl sites for hydroxylation is 2. The van der Waals surface area contributed by atoms with Gasteiger partial charge in [0.1, 0.15) is 0 Å². The molecule has 1 unspecified atom stereocenters. The van der Waals surface area contributed by atoms with Crippen molar-refractivity contribution < 1.29 is 14.6 Å². The van der Waals surface area contributed by atoms with Gasteiger partial charge in [-0.15, -0.1) is 5.10 Å². The molecule has 0 saturated heterocycles. The predicted molar refractivity (Wildman–Crippen MR) is 72.5 cm³/mol. The lowest BCUT2D eigenvalue weighted by Gasteiger charge is -2.13.